The van der Waals surface area contributed by atoms with Crippen molar-refractivity contribution in [2.24, 2.45) is 0 Å². The highest BCUT2D eigenvalue weighted by Crippen LogP contribution is 2.16. The van der Waals surface area contributed by atoms with Gasteiger partial charge in [0, 0.05) is 63.3 Å². The molecular formula is C21H26N6O3. The summed E-state index contributed by atoms with van der Waals surface area (Å²) in [6, 6.07) is 10.4. The van der Waals surface area contributed by atoms with Crippen molar-refractivity contribution in [3.05, 3.63) is 53.7 Å². The quantitative estimate of drug-likeness (QED) is 0.643. The van der Waals surface area contributed by atoms with Gasteiger partial charge in [0.1, 0.15) is 5.82 Å². The molecule has 1 saturated heterocycles. The standard InChI is InChI=1S/C21H26N6O3/c1-22-20(29)15-11-16(21(30)23-2)13-17(12-15)25-19(28)14-26-7-9-27(10-8-26)18-5-3-4-6-24-18/h3-6,11-13H,7-10,14H2,1-2H3,(H,22,29)(H,23,30)(H,25,28). The molecule has 9 heteroatoms. The summed E-state index contributed by atoms with van der Waals surface area (Å²) < 4.78 is 0. The highest BCUT2D eigenvalue weighted by molar-refractivity contribution is 6.02. The maximum atomic E-state index is 12.6. The molecule has 1 fully saturated rings. The Morgan fingerprint density at radius 1 is 0.933 bits per heavy atom. The fourth-order valence-electron chi connectivity index (χ4n) is 3.33. The van der Waals surface area contributed by atoms with Gasteiger partial charge in [-0.05, 0) is 30.3 Å². The van der Waals surface area contributed by atoms with Crippen molar-refractivity contribution >= 4 is 29.2 Å². The summed E-state index contributed by atoms with van der Waals surface area (Å²) in [5, 5.41) is 7.86. The van der Waals surface area contributed by atoms with Crippen molar-refractivity contribution in [2.75, 3.05) is 57.0 Å². The molecule has 0 aliphatic carbocycles. The average molecular weight is 410 g/mol. The van der Waals surface area contributed by atoms with Crippen LogP contribution in [0.15, 0.2) is 42.6 Å². The minimum Gasteiger partial charge on any atom is -0.355 e. The van der Waals surface area contributed by atoms with E-state index in [-0.39, 0.29) is 24.3 Å². The Morgan fingerprint density at radius 3 is 2.10 bits per heavy atom. The molecule has 0 unspecified atom stereocenters. The number of benzene rings is 1. The first kappa shape index (κ1) is 21.3. The molecule has 0 bridgehead atoms. The number of nitrogens with zero attached hydrogens (tertiary/aromatic N) is 3. The molecule has 3 rings (SSSR count). The van der Waals surface area contributed by atoms with E-state index in [4.69, 9.17) is 0 Å². The molecule has 3 amide bonds. The smallest absolute Gasteiger partial charge is 0.251 e. The maximum absolute atomic E-state index is 12.6. The minimum absolute atomic E-state index is 0.196. The third-order valence-electron chi connectivity index (χ3n) is 4.91. The second-order valence-electron chi connectivity index (χ2n) is 6.96. The van der Waals surface area contributed by atoms with Gasteiger partial charge in [-0.15, -0.1) is 0 Å². The van der Waals surface area contributed by atoms with Gasteiger partial charge >= 0.3 is 0 Å². The Kier molecular flexibility index (Phi) is 6.97. The van der Waals surface area contributed by atoms with Gasteiger partial charge in [-0.1, -0.05) is 6.07 Å². The summed E-state index contributed by atoms with van der Waals surface area (Å²) in [5.41, 5.74) is 1.02. The van der Waals surface area contributed by atoms with Crippen LogP contribution in [-0.2, 0) is 4.79 Å². The molecule has 0 saturated carbocycles. The van der Waals surface area contributed by atoms with E-state index in [0.29, 0.717) is 16.8 Å². The molecule has 9 nitrogen and oxygen atoms in total. The van der Waals surface area contributed by atoms with E-state index >= 15 is 0 Å². The number of nitrogens with one attached hydrogen (secondary N) is 3. The number of carbonyl (C=O) groups is 3. The highest BCUT2D eigenvalue weighted by atomic mass is 16.2. The van der Waals surface area contributed by atoms with E-state index < -0.39 is 0 Å². The summed E-state index contributed by atoms with van der Waals surface area (Å²) in [4.78, 5) is 45.2. The van der Waals surface area contributed by atoms with Crippen LogP contribution in [-0.4, -0.2) is 74.4 Å². The van der Waals surface area contributed by atoms with Crippen LogP contribution in [0.3, 0.4) is 0 Å². The van der Waals surface area contributed by atoms with Crippen LogP contribution in [0.2, 0.25) is 0 Å². The van der Waals surface area contributed by atoms with E-state index in [1.54, 1.807) is 18.3 Å². The number of anilines is 2. The van der Waals surface area contributed by atoms with Gasteiger partial charge in [-0.2, -0.15) is 0 Å². The zero-order valence-corrected chi connectivity index (χ0v) is 17.1. The van der Waals surface area contributed by atoms with Crippen molar-refractivity contribution < 1.29 is 14.4 Å². The Labute approximate surface area is 175 Å². The zero-order chi connectivity index (χ0) is 21.5. The Bertz CT molecular complexity index is 876. The Hall–Kier alpha value is -3.46. The number of aromatic nitrogens is 1. The summed E-state index contributed by atoms with van der Waals surface area (Å²) in [6.07, 6.45) is 1.77. The molecule has 1 aromatic carbocycles. The van der Waals surface area contributed by atoms with Gasteiger partial charge in [0.25, 0.3) is 11.8 Å². The van der Waals surface area contributed by atoms with E-state index in [9.17, 15) is 14.4 Å². The van der Waals surface area contributed by atoms with Crippen molar-refractivity contribution in [3.63, 3.8) is 0 Å². The largest absolute Gasteiger partial charge is 0.355 e. The molecule has 158 valence electrons. The normalized spacial score (nSPS) is 14.1. The summed E-state index contributed by atoms with van der Waals surface area (Å²) in [5.74, 6) is 0.0799. The molecule has 0 spiro atoms. The topological polar surface area (TPSA) is 107 Å². The van der Waals surface area contributed by atoms with Gasteiger partial charge in [0.05, 0.1) is 6.54 Å². The molecular weight excluding hydrogens is 384 g/mol. The second-order valence-corrected chi connectivity index (χ2v) is 6.96. The maximum Gasteiger partial charge on any atom is 0.251 e. The number of hydrogen-bond acceptors (Lipinski definition) is 6. The summed E-state index contributed by atoms with van der Waals surface area (Å²) >= 11 is 0. The van der Waals surface area contributed by atoms with E-state index in [0.717, 1.165) is 32.0 Å². The van der Waals surface area contributed by atoms with Gasteiger partial charge in [0.15, 0.2) is 0 Å². The summed E-state index contributed by atoms with van der Waals surface area (Å²) in [7, 11) is 3.02. The molecule has 30 heavy (non-hydrogen) atoms. The molecule has 2 heterocycles. The lowest BCUT2D eigenvalue weighted by atomic mass is 10.1. The Morgan fingerprint density at radius 2 is 1.57 bits per heavy atom. The van der Waals surface area contributed by atoms with Crippen LogP contribution in [0.5, 0.6) is 0 Å². The number of rotatable bonds is 6. The third-order valence-corrected chi connectivity index (χ3v) is 4.91. The first-order valence-corrected chi connectivity index (χ1v) is 9.77. The average Bonchev–Trinajstić information content (AvgIpc) is 2.78. The van der Waals surface area contributed by atoms with E-state index in [2.05, 4.69) is 30.7 Å². The molecule has 2 aromatic rings. The number of hydrogen-bond donors (Lipinski definition) is 3. The van der Waals surface area contributed by atoms with E-state index in [1.165, 1.54) is 20.2 Å². The molecule has 1 aliphatic rings. The molecule has 0 atom stereocenters. The molecule has 1 aromatic heterocycles. The van der Waals surface area contributed by atoms with Gasteiger partial charge in [0.2, 0.25) is 5.91 Å². The van der Waals surface area contributed by atoms with Gasteiger partial charge < -0.3 is 20.9 Å². The van der Waals surface area contributed by atoms with Crippen LogP contribution >= 0.6 is 0 Å². The predicted octanol–water partition coefficient (Wildman–Crippen LogP) is 0.562. The zero-order valence-electron chi connectivity index (χ0n) is 17.1. The fraction of sp³-hybridized carbons (Fsp3) is 0.333. The van der Waals surface area contributed by atoms with Crippen LogP contribution in [0.4, 0.5) is 11.5 Å². The number of carbonyl (C=O) groups excluding carboxylic acids is 3. The number of pyridine rings is 1. The van der Waals surface area contributed by atoms with Crippen molar-refractivity contribution in [3.8, 4) is 0 Å². The predicted molar refractivity (Wildman–Crippen MR) is 115 cm³/mol. The van der Waals surface area contributed by atoms with Crippen LogP contribution < -0.4 is 20.9 Å². The molecule has 3 N–H and O–H groups in total. The molecule has 1 aliphatic heterocycles. The van der Waals surface area contributed by atoms with Crippen molar-refractivity contribution in [1.82, 2.24) is 20.5 Å². The number of amides is 3. The Balaban J connectivity index is 1.60. The monoisotopic (exact) mass is 410 g/mol. The minimum atomic E-state index is -0.332. The van der Waals surface area contributed by atoms with E-state index in [1.807, 2.05) is 18.2 Å². The third kappa shape index (κ3) is 5.32. The fourth-order valence-corrected chi connectivity index (χ4v) is 3.33. The highest BCUT2D eigenvalue weighted by Gasteiger charge is 2.20. The van der Waals surface area contributed by atoms with Crippen LogP contribution in [0, 0.1) is 0 Å². The van der Waals surface area contributed by atoms with Gasteiger partial charge in [-0.25, -0.2) is 4.98 Å². The lowest BCUT2D eigenvalue weighted by Crippen LogP contribution is -2.48. The van der Waals surface area contributed by atoms with Gasteiger partial charge in [-0.3, -0.25) is 19.3 Å². The lowest BCUT2D eigenvalue weighted by Gasteiger charge is -2.34. The second kappa shape index (κ2) is 9.84. The van der Waals surface area contributed by atoms with Crippen LogP contribution in [0.1, 0.15) is 20.7 Å². The van der Waals surface area contributed by atoms with Crippen LogP contribution in [0.25, 0.3) is 0 Å². The lowest BCUT2D eigenvalue weighted by molar-refractivity contribution is -0.117. The number of piperazine rings is 1. The SMILES string of the molecule is CNC(=O)c1cc(NC(=O)CN2CCN(c3ccccn3)CC2)cc(C(=O)NC)c1. The van der Waals surface area contributed by atoms with Crippen molar-refractivity contribution in [2.45, 2.75) is 0 Å². The summed E-state index contributed by atoms with van der Waals surface area (Å²) in [6.45, 7) is 3.29. The molecule has 0 radical (unpaired) electrons. The first-order valence-electron chi connectivity index (χ1n) is 9.77. The first-order chi connectivity index (χ1) is 14.5. The van der Waals surface area contributed by atoms with Crippen molar-refractivity contribution in [1.29, 1.82) is 0 Å².